The number of rotatable bonds is 4. The highest BCUT2D eigenvalue weighted by atomic mass is 35.5. The van der Waals surface area contributed by atoms with Crippen LogP contribution in [0.5, 0.6) is 0 Å². The first-order valence-corrected chi connectivity index (χ1v) is 10.7. The summed E-state index contributed by atoms with van der Waals surface area (Å²) in [4.78, 5) is 32.0. The zero-order valence-corrected chi connectivity index (χ0v) is 17.5. The molecule has 1 atom stereocenters. The molecule has 7 nitrogen and oxygen atoms in total. The van der Waals surface area contributed by atoms with Crippen molar-refractivity contribution in [2.75, 3.05) is 20.1 Å². The molecule has 1 aliphatic carbocycles. The van der Waals surface area contributed by atoms with E-state index in [-0.39, 0.29) is 18.1 Å². The summed E-state index contributed by atoms with van der Waals surface area (Å²) in [6, 6.07) is 7.89. The number of carbonyl (C=O) groups excluding carboxylic acids is 2. The van der Waals surface area contributed by atoms with Gasteiger partial charge in [-0.25, -0.2) is 9.59 Å². The molecule has 1 saturated heterocycles. The topological polar surface area (TPSA) is 80.5 Å². The Morgan fingerprint density at radius 3 is 2.83 bits per heavy atom. The van der Waals surface area contributed by atoms with Crippen molar-refractivity contribution in [2.45, 2.75) is 50.7 Å². The summed E-state index contributed by atoms with van der Waals surface area (Å²) in [5, 5.41) is 7.78. The van der Waals surface area contributed by atoms with E-state index in [9.17, 15) is 9.59 Å². The molecule has 4 amide bonds. The van der Waals surface area contributed by atoms with Crippen LogP contribution >= 0.6 is 11.6 Å². The van der Waals surface area contributed by atoms with Crippen LogP contribution in [-0.4, -0.2) is 59.1 Å². The predicted octanol–water partition coefficient (Wildman–Crippen LogP) is 3.69. The van der Waals surface area contributed by atoms with Crippen molar-refractivity contribution >= 4 is 34.6 Å². The van der Waals surface area contributed by atoms with Gasteiger partial charge in [0.25, 0.3) is 0 Å². The fourth-order valence-corrected chi connectivity index (χ4v) is 4.17. The number of urea groups is 2. The van der Waals surface area contributed by atoms with E-state index in [0.717, 1.165) is 48.8 Å². The van der Waals surface area contributed by atoms with Crippen LogP contribution in [0.25, 0.3) is 10.9 Å². The second-order valence-electron chi connectivity index (χ2n) is 8.12. The predicted molar refractivity (Wildman–Crippen MR) is 114 cm³/mol. The fourth-order valence-electron chi connectivity index (χ4n) is 3.99. The monoisotopic (exact) mass is 417 g/mol. The number of likely N-dealkylation sites (N-methyl/N-ethyl adjacent to an activating group) is 1. The molecule has 1 aromatic heterocycles. The molecule has 8 heteroatoms. The molecule has 156 valence electrons. The molecule has 2 aromatic rings. The average Bonchev–Trinajstić information content (AvgIpc) is 3.10. The molecule has 0 bridgehead atoms. The molecular formula is C21H28ClN5O2. The Hall–Kier alpha value is -2.41. The first-order valence-electron chi connectivity index (χ1n) is 10.3. The second-order valence-corrected chi connectivity index (χ2v) is 8.55. The van der Waals surface area contributed by atoms with Gasteiger partial charge in [0.1, 0.15) is 0 Å². The molecule has 2 aliphatic rings. The van der Waals surface area contributed by atoms with Crippen molar-refractivity contribution in [1.82, 2.24) is 25.4 Å². The summed E-state index contributed by atoms with van der Waals surface area (Å²) in [5.74, 6) is 0. The summed E-state index contributed by atoms with van der Waals surface area (Å²) in [7, 11) is 1.80. The van der Waals surface area contributed by atoms with Gasteiger partial charge in [0, 0.05) is 47.8 Å². The first kappa shape index (κ1) is 19.9. The zero-order valence-electron chi connectivity index (χ0n) is 16.7. The van der Waals surface area contributed by atoms with E-state index in [4.69, 9.17) is 11.6 Å². The van der Waals surface area contributed by atoms with Crippen molar-refractivity contribution in [3.05, 3.63) is 35.0 Å². The Bertz CT molecular complexity index is 894. The lowest BCUT2D eigenvalue weighted by Gasteiger charge is -2.38. The van der Waals surface area contributed by atoms with E-state index in [1.807, 2.05) is 29.2 Å². The normalized spacial score (nSPS) is 19.7. The van der Waals surface area contributed by atoms with Crippen molar-refractivity contribution in [3.63, 3.8) is 0 Å². The van der Waals surface area contributed by atoms with E-state index in [1.165, 1.54) is 6.42 Å². The van der Waals surface area contributed by atoms with Crippen LogP contribution in [-0.2, 0) is 6.54 Å². The lowest BCUT2D eigenvalue weighted by molar-refractivity contribution is 0.128. The van der Waals surface area contributed by atoms with Crippen molar-refractivity contribution in [2.24, 2.45) is 0 Å². The summed E-state index contributed by atoms with van der Waals surface area (Å²) in [6.07, 6.45) is 5.15. The molecule has 1 saturated carbocycles. The highest BCUT2D eigenvalue weighted by Gasteiger charge is 2.30. The number of carbonyl (C=O) groups is 2. The smallest absolute Gasteiger partial charge is 0.317 e. The number of aromatic amines is 1. The van der Waals surface area contributed by atoms with Crippen LogP contribution in [0.1, 0.15) is 37.8 Å². The summed E-state index contributed by atoms with van der Waals surface area (Å²) < 4.78 is 0. The highest BCUT2D eigenvalue weighted by molar-refractivity contribution is 6.31. The summed E-state index contributed by atoms with van der Waals surface area (Å²) >= 11 is 6.03. The number of halogens is 1. The Kier molecular flexibility index (Phi) is 5.85. The van der Waals surface area contributed by atoms with E-state index in [1.54, 1.807) is 11.9 Å². The molecule has 0 radical (unpaired) electrons. The molecule has 0 unspecified atom stereocenters. The number of fused-ring (bicyclic) bond motifs is 1. The minimum Gasteiger partial charge on any atom is -0.357 e. The Morgan fingerprint density at radius 2 is 2.07 bits per heavy atom. The average molecular weight is 418 g/mol. The Labute approximate surface area is 175 Å². The number of H-pyrrole nitrogens is 1. The fraction of sp³-hybridized carbons (Fsp3) is 0.524. The van der Waals surface area contributed by atoms with Gasteiger partial charge in [-0.15, -0.1) is 0 Å². The largest absolute Gasteiger partial charge is 0.357 e. The van der Waals surface area contributed by atoms with Gasteiger partial charge in [-0.3, -0.25) is 0 Å². The third kappa shape index (κ3) is 4.61. The van der Waals surface area contributed by atoms with Crippen LogP contribution < -0.4 is 10.6 Å². The highest BCUT2D eigenvalue weighted by Crippen LogP contribution is 2.21. The maximum Gasteiger partial charge on any atom is 0.317 e. The van der Waals surface area contributed by atoms with Crippen LogP contribution in [0.15, 0.2) is 24.3 Å². The number of amides is 4. The van der Waals surface area contributed by atoms with E-state index < -0.39 is 0 Å². The number of nitrogens with one attached hydrogen (secondary N) is 3. The van der Waals surface area contributed by atoms with Crippen molar-refractivity contribution in [3.8, 4) is 0 Å². The van der Waals surface area contributed by atoms with Gasteiger partial charge in [-0.05, 0) is 56.4 Å². The van der Waals surface area contributed by atoms with Crippen molar-refractivity contribution in [1.29, 1.82) is 0 Å². The van der Waals surface area contributed by atoms with Crippen molar-refractivity contribution < 1.29 is 9.59 Å². The van der Waals surface area contributed by atoms with Gasteiger partial charge < -0.3 is 25.4 Å². The van der Waals surface area contributed by atoms with E-state index >= 15 is 0 Å². The molecule has 2 heterocycles. The number of aromatic nitrogens is 1. The molecular weight excluding hydrogens is 390 g/mol. The third-order valence-corrected chi connectivity index (χ3v) is 6.29. The lowest BCUT2D eigenvalue weighted by Crippen LogP contribution is -2.55. The van der Waals surface area contributed by atoms with Gasteiger partial charge in [-0.2, -0.15) is 0 Å². The van der Waals surface area contributed by atoms with Gasteiger partial charge in [-0.1, -0.05) is 11.6 Å². The van der Waals surface area contributed by atoms with E-state index in [0.29, 0.717) is 24.2 Å². The molecule has 29 heavy (non-hydrogen) atoms. The van der Waals surface area contributed by atoms with Gasteiger partial charge in [0.05, 0.1) is 12.6 Å². The van der Waals surface area contributed by atoms with Gasteiger partial charge >= 0.3 is 12.1 Å². The van der Waals surface area contributed by atoms with E-state index in [2.05, 4.69) is 15.6 Å². The van der Waals surface area contributed by atoms with Crippen LogP contribution in [0, 0.1) is 0 Å². The standard InChI is InChI=1S/C21H28ClN5O2/c1-26(18-6-3-9-27(13-18)21(29)25-16-4-2-5-16)20(28)23-12-17-11-14-10-15(22)7-8-19(14)24-17/h7-8,10-11,16,18,24H,2-6,9,12-13H2,1H3,(H,23,28)(H,25,29)/t18-/m1/s1. The Morgan fingerprint density at radius 1 is 1.24 bits per heavy atom. The summed E-state index contributed by atoms with van der Waals surface area (Å²) in [5.41, 5.74) is 1.92. The summed E-state index contributed by atoms with van der Waals surface area (Å²) in [6.45, 7) is 1.74. The molecule has 1 aliphatic heterocycles. The second kappa shape index (κ2) is 8.53. The number of piperidine rings is 1. The molecule has 1 aromatic carbocycles. The zero-order chi connectivity index (χ0) is 20.4. The van der Waals surface area contributed by atoms with Crippen LogP contribution in [0.3, 0.4) is 0 Å². The minimum absolute atomic E-state index is 0.00458. The number of likely N-dealkylation sites (tertiary alicyclic amines) is 1. The first-order chi connectivity index (χ1) is 14.0. The maximum atomic E-state index is 12.7. The third-order valence-electron chi connectivity index (χ3n) is 6.05. The Balaban J connectivity index is 1.29. The minimum atomic E-state index is -0.132. The quantitative estimate of drug-likeness (QED) is 0.709. The number of benzene rings is 1. The molecule has 4 rings (SSSR count). The molecule has 3 N–H and O–H groups in total. The van der Waals surface area contributed by atoms with Gasteiger partial charge in [0.2, 0.25) is 0 Å². The SMILES string of the molecule is CN(C(=O)NCc1cc2cc(Cl)ccc2[nH]1)[C@@H]1CCCN(C(=O)NC2CCC2)C1. The maximum absolute atomic E-state index is 12.7. The number of hydrogen-bond acceptors (Lipinski definition) is 2. The molecule has 2 fully saturated rings. The van der Waals surface area contributed by atoms with Crippen LogP contribution in [0.2, 0.25) is 5.02 Å². The molecule has 0 spiro atoms. The van der Waals surface area contributed by atoms with Crippen LogP contribution in [0.4, 0.5) is 9.59 Å². The number of nitrogens with zero attached hydrogens (tertiary/aromatic N) is 2. The number of hydrogen-bond donors (Lipinski definition) is 3. The van der Waals surface area contributed by atoms with Gasteiger partial charge in [0.15, 0.2) is 0 Å². The lowest BCUT2D eigenvalue weighted by atomic mass is 9.93.